The molecule has 1 aromatic heterocycles. The molecule has 0 aliphatic carbocycles. The zero-order valence-electron chi connectivity index (χ0n) is 8.55. The van der Waals surface area contributed by atoms with Crippen molar-refractivity contribution in [2.24, 2.45) is 0 Å². The molecule has 0 saturated carbocycles. The van der Waals surface area contributed by atoms with E-state index in [1.807, 2.05) is 0 Å². The largest absolute Gasteiger partial charge is 0.382 e. The number of nitrogens with one attached hydrogen (secondary N) is 2. The molecule has 0 spiro atoms. The number of nitrogens with two attached hydrogens (primary N) is 1. The first kappa shape index (κ1) is 10.8. The van der Waals surface area contributed by atoms with Crippen LogP contribution in [0.15, 0.2) is 6.20 Å². The van der Waals surface area contributed by atoms with Crippen molar-refractivity contribution in [3.05, 3.63) is 6.20 Å². The molecule has 14 heavy (non-hydrogen) atoms. The highest BCUT2D eigenvalue weighted by molar-refractivity contribution is 5.59. The molecule has 0 aromatic carbocycles. The van der Waals surface area contributed by atoms with Gasteiger partial charge in [-0.25, -0.2) is 0 Å². The molecular weight excluding hydrogens is 180 g/mol. The van der Waals surface area contributed by atoms with Crippen LogP contribution in [0.3, 0.4) is 0 Å². The van der Waals surface area contributed by atoms with Gasteiger partial charge in [-0.05, 0) is 6.42 Å². The van der Waals surface area contributed by atoms with E-state index >= 15 is 0 Å². The van der Waals surface area contributed by atoms with Gasteiger partial charge >= 0.3 is 0 Å². The van der Waals surface area contributed by atoms with Gasteiger partial charge in [0, 0.05) is 13.2 Å². The number of ether oxygens (including phenoxy) is 1. The molecule has 0 saturated heterocycles. The van der Waals surface area contributed by atoms with Gasteiger partial charge in [-0.3, -0.25) is 5.10 Å². The molecule has 5 heteroatoms. The molecule has 5 nitrogen and oxygen atoms in total. The fraction of sp³-hybridized carbons (Fsp3) is 0.667. The Balaban J connectivity index is 2.02. The van der Waals surface area contributed by atoms with E-state index in [1.165, 1.54) is 6.42 Å². The number of unbranched alkanes of at least 4 members (excludes halogenated alkanes) is 1. The molecule has 0 unspecified atom stereocenters. The van der Waals surface area contributed by atoms with Crippen molar-refractivity contribution in [3.63, 3.8) is 0 Å². The monoisotopic (exact) mass is 198 g/mol. The first-order valence-corrected chi connectivity index (χ1v) is 4.95. The zero-order chi connectivity index (χ0) is 10.2. The van der Waals surface area contributed by atoms with Crippen molar-refractivity contribution in [1.29, 1.82) is 0 Å². The van der Waals surface area contributed by atoms with Crippen molar-refractivity contribution >= 4 is 11.5 Å². The third kappa shape index (κ3) is 3.66. The highest BCUT2D eigenvalue weighted by Crippen LogP contribution is 2.11. The molecule has 1 aromatic rings. The van der Waals surface area contributed by atoms with E-state index in [9.17, 15) is 0 Å². The van der Waals surface area contributed by atoms with Crippen molar-refractivity contribution in [1.82, 2.24) is 10.2 Å². The number of nitrogen functional groups attached to an aromatic ring is 1. The second kappa shape index (κ2) is 6.26. The Labute approximate surface area is 84.0 Å². The fourth-order valence-corrected chi connectivity index (χ4v) is 1.04. The average Bonchev–Trinajstić information content (AvgIpc) is 2.58. The van der Waals surface area contributed by atoms with Crippen molar-refractivity contribution in [2.45, 2.75) is 19.8 Å². The molecule has 0 atom stereocenters. The summed E-state index contributed by atoms with van der Waals surface area (Å²) < 4.78 is 5.38. The lowest BCUT2D eigenvalue weighted by Crippen LogP contribution is -2.10. The number of hydrogen-bond acceptors (Lipinski definition) is 4. The predicted molar refractivity (Wildman–Crippen MR) is 57.2 cm³/mol. The number of H-pyrrole nitrogens is 1. The first-order chi connectivity index (χ1) is 6.84. The molecule has 0 fully saturated rings. The van der Waals surface area contributed by atoms with E-state index in [0.29, 0.717) is 12.4 Å². The van der Waals surface area contributed by atoms with Crippen molar-refractivity contribution < 1.29 is 4.74 Å². The van der Waals surface area contributed by atoms with Crippen LogP contribution in [0.5, 0.6) is 0 Å². The quantitative estimate of drug-likeness (QED) is 0.576. The summed E-state index contributed by atoms with van der Waals surface area (Å²) in [6, 6.07) is 0. The molecule has 4 N–H and O–H groups in total. The summed E-state index contributed by atoms with van der Waals surface area (Å²) in [6.07, 6.45) is 3.96. The van der Waals surface area contributed by atoms with E-state index in [1.54, 1.807) is 6.20 Å². The molecule has 1 heterocycles. The highest BCUT2D eigenvalue weighted by Gasteiger charge is 1.98. The minimum atomic E-state index is 0.568. The smallest absolute Gasteiger partial charge is 0.142 e. The minimum absolute atomic E-state index is 0.568. The maximum Gasteiger partial charge on any atom is 0.142 e. The lowest BCUT2D eigenvalue weighted by Gasteiger charge is -2.05. The number of hydrogen-bond donors (Lipinski definition) is 3. The molecule has 0 aliphatic heterocycles. The molecular formula is C9H18N4O. The Bertz CT molecular complexity index is 249. The summed E-state index contributed by atoms with van der Waals surface area (Å²) in [7, 11) is 0. The van der Waals surface area contributed by atoms with Gasteiger partial charge in [0.2, 0.25) is 0 Å². The summed E-state index contributed by atoms with van der Waals surface area (Å²) in [6.45, 7) is 4.44. The molecule has 0 radical (unpaired) electrons. The van der Waals surface area contributed by atoms with Gasteiger partial charge in [0.05, 0.1) is 18.5 Å². The van der Waals surface area contributed by atoms with Crippen LogP contribution in [-0.2, 0) is 4.74 Å². The molecule has 0 amide bonds. The van der Waals surface area contributed by atoms with Crippen LogP contribution in [0.4, 0.5) is 11.5 Å². The highest BCUT2D eigenvalue weighted by atomic mass is 16.5. The lowest BCUT2D eigenvalue weighted by atomic mass is 10.4. The van der Waals surface area contributed by atoms with Gasteiger partial charge in [0.25, 0.3) is 0 Å². The number of nitrogens with zero attached hydrogens (tertiary/aromatic N) is 1. The Morgan fingerprint density at radius 2 is 2.43 bits per heavy atom. The van der Waals surface area contributed by atoms with Gasteiger partial charge in [-0.15, -0.1) is 0 Å². The third-order valence-electron chi connectivity index (χ3n) is 1.87. The number of anilines is 2. The van der Waals surface area contributed by atoms with Crippen LogP contribution in [0.1, 0.15) is 19.8 Å². The molecule has 1 rings (SSSR count). The molecule has 0 bridgehead atoms. The van der Waals surface area contributed by atoms with Crippen molar-refractivity contribution in [3.8, 4) is 0 Å². The number of rotatable bonds is 7. The Hall–Kier alpha value is -1.23. The maximum absolute atomic E-state index is 5.58. The Morgan fingerprint density at radius 1 is 1.57 bits per heavy atom. The second-order valence-electron chi connectivity index (χ2n) is 3.09. The standard InChI is InChI=1S/C9H18N4O/c1-2-3-5-14-6-4-11-8-7-12-13-9(8)10/h7,11H,2-6H2,1H3,(H3,10,12,13). The molecule has 0 aliphatic rings. The topological polar surface area (TPSA) is 76.0 Å². The summed E-state index contributed by atoms with van der Waals surface area (Å²) in [5.74, 6) is 0.568. The summed E-state index contributed by atoms with van der Waals surface area (Å²) in [5.41, 5.74) is 6.42. The van der Waals surface area contributed by atoms with Crippen LogP contribution in [0.2, 0.25) is 0 Å². The Morgan fingerprint density at radius 3 is 3.07 bits per heavy atom. The number of aromatic nitrogens is 2. The predicted octanol–water partition coefficient (Wildman–Crippen LogP) is 1.22. The van der Waals surface area contributed by atoms with Crippen LogP contribution in [0.25, 0.3) is 0 Å². The summed E-state index contributed by atoms with van der Waals surface area (Å²) in [5, 5.41) is 9.58. The number of aromatic amines is 1. The summed E-state index contributed by atoms with van der Waals surface area (Å²) >= 11 is 0. The van der Waals surface area contributed by atoms with E-state index < -0.39 is 0 Å². The SMILES string of the molecule is CCCCOCCNc1cn[nH]c1N. The van der Waals surface area contributed by atoms with Crippen LogP contribution in [0, 0.1) is 0 Å². The van der Waals surface area contributed by atoms with E-state index in [4.69, 9.17) is 10.5 Å². The van der Waals surface area contributed by atoms with Gasteiger partial charge in [0.15, 0.2) is 0 Å². The molecule has 80 valence electrons. The average molecular weight is 198 g/mol. The van der Waals surface area contributed by atoms with E-state index in [2.05, 4.69) is 22.4 Å². The fourth-order valence-electron chi connectivity index (χ4n) is 1.04. The van der Waals surface area contributed by atoms with Gasteiger partial charge < -0.3 is 15.8 Å². The first-order valence-electron chi connectivity index (χ1n) is 4.95. The van der Waals surface area contributed by atoms with Crippen LogP contribution >= 0.6 is 0 Å². The van der Waals surface area contributed by atoms with Gasteiger partial charge in [-0.1, -0.05) is 13.3 Å². The van der Waals surface area contributed by atoms with Crippen LogP contribution in [-0.4, -0.2) is 30.0 Å². The second-order valence-corrected chi connectivity index (χ2v) is 3.09. The van der Waals surface area contributed by atoms with Gasteiger partial charge in [0.1, 0.15) is 5.82 Å². The minimum Gasteiger partial charge on any atom is -0.382 e. The van der Waals surface area contributed by atoms with E-state index in [-0.39, 0.29) is 0 Å². The van der Waals surface area contributed by atoms with Gasteiger partial charge in [-0.2, -0.15) is 5.10 Å². The summed E-state index contributed by atoms with van der Waals surface area (Å²) in [4.78, 5) is 0. The zero-order valence-corrected chi connectivity index (χ0v) is 8.55. The van der Waals surface area contributed by atoms with Crippen LogP contribution < -0.4 is 11.1 Å². The maximum atomic E-state index is 5.58. The Kier molecular flexibility index (Phi) is 4.85. The normalized spacial score (nSPS) is 10.4. The third-order valence-corrected chi connectivity index (χ3v) is 1.87. The van der Waals surface area contributed by atoms with E-state index in [0.717, 1.165) is 25.3 Å². The van der Waals surface area contributed by atoms with Crippen molar-refractivity contribution in [2.75, 3.05) is 30.8 Å². The lowest BCUT2D eigenvalue weighted by molar-refractivity contribution is 0.141.